The van der Waals surface area contributed by atoms with Crippen LogP contribution in [-0.2, 0) is 0 Å². The number of anilines is 1. The van der Waals surface area contributed by atoms with E-state index in [0.29, 0.717) is 5.16 Å². The number of ketones is 1. The number of halogens is 2. The summed E-state index contributed by atoms with van der Waals surface area (Å²) in [5, 5.41) is 0.345. The lowest BCUT2D eigenvalue weighted by Crippen LogP contribution is -2.10. The van der Waals surface area contributed by atoms with E-state index in [1.54, 1.807) is 0 Å². The number of thioether (sulfide) groups is 1. The molecule has 0 saturated carbocycles. The SMILES string of the molecule is CCSc1ncc(C(=O)c2cc(F)c(Cl)cc2OC)c(N)n1. The predicted octanol–water partition coefficient (Wildman–Crippen LogP) is 3.20. The largest absolute Gasteiger partial charge is 0.496 e. The van der Waals surface area contributed by atoms with Crippen molar-refractivity contribution in [2.45, 2.75) is 12.1 Å². The molecule has 0 amide bonds. The van der Waals surface area contributed by atoms with Gasteiger partial charge in [-0.1, -0.05) is 30.3 Å². The van der Waals surface area contributed by atoms with E-state index in [1.165, 1.54) is 31.1 Å². The Balaban J connectivity index is 2.46. The van der Waals surface area contributed by atoms with Crippen LogP contribution in [0.25, 0.3) is 0 Å². The second-order valence-electron chi connectivity index (χ2n) is 4.18. The lowest BCUT2D eigenvalue weighted by molar-refractivity contribution is 0.103. The predicted molar refractivity (Wildman–Crippen MR) is 84.2 cm³/mol. The minimum absolute atomic E-state index is 0.00981. The molecule has 116 valence electrons. The lowest BCUT2D eigenvalue weighted by atomic mass is 10.0. The van der Waals surface area contributed by atoms with E-state index in [9.17, 15) is 9.18 Å². The molecule has 2 N–H and O–H groups in total. The van der Waals surface area contributed by atoms with Crippen molar-refractivity contribution in [1.82, 2.24) is 9.97 Å². The number of hydrogen-bond acceptors (Lipinski definition) is 6. The maximum atomic E-state index is 13.6. The number of nitrogens with two attached hydrogens (primary N) is 1. The third-order valence-electron chi connectivity index (χ3n) is 2.80. The van der Waals surface area contributed by atoms with Gasteiger partial charge < -0.3 is 10.5 Å². The fourth-order valence-electron chi connectivity index (χ4n) is 1.77. The Labute approximate surface area is 136 Å². The van der Waals surface area contributed by atoms with E-state index in [2.05, 4.69) is 9.97 Å². The molecule has 0 radical (unpaired) electrons. The molecule has 0 bridgehead atoms. The van der Waals surface area contributed by atoms with Gasteiger partial charge in [0, 0.05) is 12.3 Å². The van der Waals surface area contributed by atoms with Gasteiger partial charge in [0.2, 0.25) is 5.78 Å². The zero-order chi connectivity index (χ0) is 16.3. The Morgan fingerprint density at radius 2 is 2.18 bits per heavy atom. The average Bonchev–Trinajstić information content (AvgIpc) is 2.49. The third kappa shape index (κ3) is 3.31. The Hall–Kier alpha value is -1.86. The summed E-state index contributed by atoms with van der Waals surface area (Å²) in [7, 11) is 1.36. The van der Waals surface area contributed by atoms with Crippen molar-refractivity contribution in [3.8, 4) is 5.75 Å². The molecule has 1 heterocycles. The van der Waals surface area contributed by atoms with Gasteiger partial charge in [-0.15, -0.1) is 0 Å². The minimum atomic E-state index is -0.719. The van der Waals surface area contributed by atoms with Crippen molar-refractivity contribution in [2.24, 2.45) is 0 Å². The van der Waals surface area contributed by atoms with E-state index >= 15 is 0 Å². The van der Waals surface area contributed by atoms with Crippen LogP contribution in [0, 0.1) is 5.82 Å². The number of benzene rings is 1. The number of aromatic nitrogens is 2. The molecule has 8 heteroatoms. The van der Waals surface area contributed by atoms with Gasteiger partial charge in [0.1, 0.15) is 17.4 Å². The van der Waals surface area contributed by atoms with Gasteiger partial charge in [0.05, 0.1) is 23.3 Å². The van der Waals surface area contributed by atoms with Crippen molar-refractivity contribution < 1.29 is 13.9 Å². The summed E-state index contributed by atoms with van der Waals surface area (Å²) in [6, 6.07) is 2.25. The molecular formula is C14H13ClFN3O2S. The Morgan fingerprint density at radius 1 is 1.45 bits per heavy atom. The third-order valence-corrected chi connectivity index (χ3v) is 3.83. The van der Waals surface area contributed by atoms with E-state index in [1.807, 2.05) is 6.92 Å². The van der Waals surface area contributed by atoms with Crippen LogP contribution in [0.15, 0.2) is 23.5 Å². The molecule has 0 aliphatic heterocycles. The molecule has 0 aliphatic carbocycles. The Morgan fingerprint density at radius 3 is 2.77 bits per heavy atom. The maximum Gasteiger partial charge on any atom is 0.202 e. The van der Waals surface area contributed by atoms with Crippen molar-refractivity contribution in [1.29, 1.82) is 0 Å². The molecule has 0 spiro atoms. The smallest absolute Gasteiger partial charge is 0.202 e. The molecule has 0 fully saturated rings. The molecule has 2 aromatic rings. The number of methoxy groups -OCH3 is 1. The summed E-state index contributed by atoms with van der Waals surface area (Å²) in [5.41, 5.74) is 5.90. The van der Waals surface area contributed by atoms with Gasteiger partial charge in [-0.3, -0.25) is 4.79 Å². The fourth-order valence-corrected chi connectivity index (χ4v) is 2.47. The van der Waals surface area contributed by atoms with Crippen LogP contribution >= 0.6 is 23.4 Å². The first kappa shape index (κ1) is 16.5. The normalized spacial score (nSPS) is 10.5. The average molecular weight is 342 g/mol. The van der Waals surface area contributed by atoms with Crippen molar-refractivity contribution in [3.05, 3.63) is 40.3 Å². The molecule has 0 aliphatic rings. The first-order chi connectivity index (χ1) is 10.5. The van der Waals surface area contributed by atoms with Crippen molar-refractivity contribution in [3.63, 3.8) is 0 Å². The number of hydrogen-bond donors (Lipinski definition) is 1. The fraction of sp³-hybridized carbons (Fsp3) is 0.214. The monoisotopic (exact) mass is 341 g/mol. The van der Waals surface area contributed by atoms with Crippen LogP contribution in [0.2, 0.25) is 5.02 Å². The highest BCUT2D eigenvalue weighted by atomic mass is 35.5. The van der Waals surface area contributed by atoms with E-state index < -0.39 is 11.6 Å². The van der Waals surface area contributed by atoms with Gasteiger partial charge in [0.25, 0.3) is 0 Å². The minimum Gasteiger partial charge on any atom is -0.496 e. The van der Waals surface area contributed by atoms with Crippen LogP contribution < -0.4 is 10.5 Å². The topological polar surface area (TPSA) is 78.1 Å². The first-order valence-corrected chi connectivity index (χ1v) is 7.67. The van der Waals surface area contributed by atoms with E-state index in [4.69, 9.17) is 22.1 Å². The Kier molecular flexibility index (Phi) is 5.20. The molecule has 2 rings (SSSR count). The van der Waals surface area contributed by atoms with Gasteiger partial charge in [-0.25, -0.2) is 14.4 Å². The van der Waals surface area contributed by atoms with Gasteiger partial charge in [0.15, 0.2) is 5.16 Å². The molecule has 0 unspecified atom stereocenters. The van der Waals surface area contributed by atoms with E-state index in [-0.39, 0.29) is 27.7 Å². The number of ether oxygens (including phenoxy) is 1. The first-order valence-electron chi connectivity index (χ1n) is 6.31. The van der Waals surface area contributed by atoms with Gasteiger partial charge in [-0.2, -0.15) is 0 Å². The highest BCUT2D eigenvalue weighted by Crippen LogP contribution is 2.29. The number of nitrogens with zero attached hydrogens (tertiary/aromatic N) is 2. The highest BCUT2D eigenvalue weighted by molar-refractivity contribution is 7.99. The Bertz CT molecular complexity index is 727. The molecule has 22 heavy (non-hydrogen) atoms. The number of nitrogen functional groups attached to an aromatic ring is 1. The lowest BCUT2D eigenvalue weighted by Gasteiger charge is -2.10. The summed E-state index contributed by atoms with van der Waals surface area (Å²) in [6.45, 7) is 1.95. The second-order valence-corrected chi connectivity index (χ2v) is 5.82. The zero-order valence-corrected chi connectivity index (χ0v) is 13.5. The van der Waals surface area contributed by atoms with Crippen LogP contribution in [0.4, 0.5) is 10.2 Å². The number of carbonyl (C=O) groups is 1. The van der Waals surface area contributed by atoms with Crippen LogP contribution in [0.3, 0.4) is 0 Å². The number of carbonyl (C=O) groups excluding carboxylic acids is 1. The van der Waals surface area contributed by atoms with E-state index in [0.717, 1.165) is 11.8 Å². The second kappa shape index (κ2) is 6.93. The van der Waals surface area contributed by atoms with Gasteiger partial charge >= 0.3 is 0 Å². The van der Waals surface area contributed by atoms with Crippen LogP contribution in [0.1, 0.15) is 22.8 Å². The molecule has 0 saturated heterocycles. The molecule has 0 atom stereocenters. The summed E-state index contributed by atoms with van der Waals surface area (Å²) < 4.78 is 18.7. The van der Waals surface area contributed by atoms with Crippen molar-refractivity contribution in [2.75, 3.05) is 18.6 Å². The molecule has 5 nitrogen and oxygen atoms in total. The molecule has 1 aromatic carbocycles. The molecular weight excluding hydrogens is 329 g/mol. The zero-order valence-electron chi connectivity index (χ0n) is 11.9. The van der Waals surface area contributed by atoms with Crippen molar-refractivity contribution >= 4 is 35.0 Å². The number of rotatable bonds is 5. The van der Waals surface area contributed by atoms with Crippen LogP contribution in [-0.4, -0.2) is 28.6 Å². The highest BCUT2D eigenvalue weighted by Gasteiger charge is 2.21. The molecule has 1 aromatic heterocycles. The standard InChI is InChI=1S/C14H13ClFN3O2S/c1-3-22-14-18-6-8(13(17)19-14)12(20)7-4-10(16)9(15)5-11(7)21-2/h4-6H,3H2,1-2H3,(H2,17,18,19). The maximum absolute atomic E-state index is 13.6. The quantitative estimate of drug-likeness (QED) is 0.511. The summed E-state index contributed by atoms with van der Waals surface area (Å²) >= 11 is 7.09. The summed E-state index contributed by atoms with van der Waals surface area (Å²) in [6.07, 6.45) is 1.33. The summed E-state index contributed by atoms with van der Waals surface area (Å²) in [5.74, 6) is -0.277. The van der Waals surface area contributed by atoms with Crippen LogP contribution in [0.5, 0.6) is 5.75 Å². The summed E-state index contributed by atoms with van der Waals surface area (Å²) in [4.78, 5) is 20.6. The van der Waals surface area contributed by atoms with Gasteiger partial charge in [-0.05, 0) is 11.8 Å².